The van der Waals surface area contributed by atoms with Crippen LogP contribution in [0.2, 0.25) is 0 Å². The van der Waals surface area contributed by atoms with Crippen molar-refractivity contribution in [2.45, 2.75) is 12.5 Å². The summed E-state index contributed by atoms with van der Waals surface area (Å²) in [6.45, 7) is 0.432. The van der Waals surface area contributed by atoms with Crippen LogP contribution >= 0.6 is 0 Å². The number of nitrogens with two attached hydrogens (primary N) is 1. The van der Waals surface area contributed by atoms with E-state index in [4.69, 9.17) is 5.73 Å². The predicted molar refractivity (Wildman–Crippen MR) is 56.0 cm³/mol. The SMILES string of the molecule is NCCC(O)c1ccc2nccnc2n1. The van der Waals surface area contributed by atoms with E-state index in [0.717, 1.165) is 5.52 Å². The van der Waals surface area contributed by atoms with Crippen LogP contribution in [-0.4, -0.2) is 26.6 Å². The van der Waals surface area contributed by atoms with Gasteiger partial charge in [0.05, 0.1) is 11.8 Å². The van der Waals surface area contributed by atoms with Crippen molar-refractivity contribution in [1.82, 2.24) is 15.0 Å². The second-order valence-corrected chi connectivity index (χ2v) is 3.23. The minimum Gasteiger partial charge on any atom is -0.387 e. The summed E-state index contributed by atoms with van der Waals surface area (Å²) in [6.07, 6.45) is 3.06. The lowest BCUT2D eigenvalue weighted by atomic mass is 10.1. The lowest BCUT2D eigenvalue weighted by molar-refractivity contribution is 0.166. The van der Waals surface area contributed by atoms with Gasteiger partial charge in [0.2, 0.25) is 0 Å². The maximum absolute atomic E-state index is 9.69. The molecule has 1 unspecified atom stereocenters. The summed E-state index contributed by atoms with van der Waals surface area (Å²) in [5.41, 5.74) is 7.23. The summed E-state index contributed by atoms with van der Waals surface area (Å²) < 4.78 is 0. The van der Waals surface area contributed by atoms with Crippen molar-refractivity contribution in [3.05, 3.63) is 30.2 Å². The summed E-state index contributed by atoms with van der Waals surface area (Å²) in [4.78, 5) is 12.4. The van der Waals surface area contributed by atoms with Gasteiger partial charge in [-0.25, -0.2) is 9.97 Å². The Morgan fingerprint density at radius 3 is 2.87 bits per heavy atom. The van der Waals surface area contributed by atoms with Crippen molar-refractivity contribution in [2.75, 3.05) is 6.54 Å². The molecule has 0 saturated carbocycles. The highest BCUT2D eigenvalue weighted by atomic mass is 16.3. The molecule has 0 amide bonds. The van der Waals surface area contributed by atoms with Crippen molar-refractivity contribution in [1.29, 1.82) is 0 Å². The van der Waals surface area contributed by atoms with Crippen LogP contribution in [0.3, 0.4) is 0 Å². The van der Waals surface area contributed by atoms with Crippen LogP contribution in [0.5, 0.6) is 0 Å². The molecule has 0 fully saturated rings. The summed E-state index contributed by atoms with van der Waals surface area (Å²) in [5, 5.41) is 9.69. The Morgan fingerprint density at radius 1 is 1.27 bits per heavy atom. The highest BCUT2D eigenvalue weighted by Gasteiger charge is 2.08. The van der Waals surface area contributed by atoms with Crippen LogP contribution < -0.4 is 5.73 Å². The zero-order valence-electron chi connectivity index (χ0n) is 8.17. The monoisotopic (exact) mass is 204 g/mol. The second kappa shape index (κ2) is 4.29. The number of fused-ring (bicyclic) bond motifs is 1. The van der Waals surface area contributed by atoms with E-state index in [-0.39, 0.29) is 0 Å². The fourth-order valence-corrected chi connectivity index (χ4v) is 1.36. The van der Waals surface area contributed by atoms with Gasteiger partial charge in [0, 0.05) is 12.4 Å². The standard InChI is InChI=1S/C10H12N4O/c11-4-3-9(15)7-1-2-8-10(14-7)13-6-5-12-8/h1-2,5-6,9,15H,3-4,11H2. The zero-order chi connectivity index (χ0) is 10.7. The van der Waals surface area contributed by atoms with Crippen LogP contribution in [0.1, 0.15) is 18.2 Å². The Labute approximate surface area is 87.0 Å². The van der Waals surface area contributed by atoms with Gasteiger partial charge in [-0.3, -0.25) is 4.98 Å². The van der Waals surface area contributed by atoms with Crippen molar-refractivity contribution in [3.63, 3.8) is 0 Å². The lowest BCUT2D eigenvalue weighted by Crippen LogP contribution is -2.08. The van der Waals surface area contributed by atoms with Gasteiger partial charge >= 0.3 is 0 Å². The Morgan fingerprint density at radius 2 is 2.07 bits per heavy atom. The average molecular weight is 204 g/mol. The molecule has 0 aromatic carbocycles. The van der Waals surface area contributed by atoms with Crippen LogP contribution in [-0.2, 0) is 0 Å². The molecule has 2 aromatic rings. The highest BCUT2D eigenvalue weighted by molar-refractivity contribution is 5.68. The Hall–Kier alpha value is -1.59. The molecule has 5 nitrogen and oxygen atoms in total. The van der Waals surface area contributed by atoms with Gasteiger partial charge in [0.15, 0.2) is 5.65 Å². The number of aliphatic hydroxyl groups is 1. The minimum atomic E-state index is -0.624. The third-order valence-corrected chi connectivity index (χ3v) is 2.13. The van der Waals surface area contributed by atoms with Crippen LogP contribution in [0.4, 0.5) is 0 Å². The quantitative estimate of drug-likeness (QED) is 0.756. The van der Waals surface area contributed by atoms with Crippen molar-refractivity contribution in [2.24, 2.45) is 5.73 Å². The average Bonchev–Trinajstić information content (AvgIpc) is 2.29. The highest BCUT2D eigenvalue weighted by Crippen LogP contribution is 2.15. The molecule has 0 aliphatic carbocycles. The van der Waals surface area contributed by atoms with Crippen LogP contribution in [0, 0.1) is 0 Å². The molecule has 0 spiro atoms. The van der Waals surface area contributed by atoms with Crippen LogP contribution in [0.15, 0.2) is 24.5 Å². The molecule has 2 heterocycles. The first-order valence-electron chi connectivity index (χ1n) is 4.77. The van der Waals surface area contributed by atoms with E-state index in [9.17, 15) is 5.11 Å². The van der Waals surface area contributed by atoms with Crippen LogP contribution in [0.25, 0.3) is 11.2 Å². The number of hydrogen-bond acceptors (Lipinski definition) is 5. The van der Waals surface area contributed by atoms with Gasteiger partial charge in [-0.15, -0.1) is 0 Å². The molecule has 2 rings (SSSR count). The summed E-state index contributed by atoms with van der Waals surface area (Å²) in [7, 11) is 0. The number of nitrogens with zero attached hydrogens (tertiary/aromatic N) is 3. The van der Waals surface area contributed by atoms with Gasteiger partial charge in [-0.1, -0.05) is 0 Å². The fourth-order valence-electron chi connectivity index (χ4n) is 1.36. The molecule has 0 bridgehead atoms. The van der Waals surface area contributed by atoms with E-state index in [0.29, 0.717) is 24.3 Å². The normalized spacial score (nSPS) is 12.9. The summed E-state index contributed by atoms with van der Waals surface area (Å²) in [5.74, 6) is 0. The van der Waals surface area contributed by atoms with E-state index in [2.05, 4.69) is 15.0 Å². The van der Waals surface area contributed by atoms with E-state index in [1.807, 2.05) is 0 Å². The smallest absolute Gasteiger partial charge is 0.178 e. The molecule has 2 aromatic heterocycles. The first-order chi connectivity index (χ1) is 7.31. The van der Waals surface area contributed by atoms with Gasteiger partial charge in [-0.2, -0.15) is 0 Å². The summed E-state index contributed by atoms with van der Waals surface area (Å²) in [6, 6.07) is 3.54. The third-order valence-electron chi connectivity index (χ3n) is 2.13. The third kappa shape index (κ3) is 2.08. The first-order valence-corrected chi connectivity index (χ1v) is 4.77. The van der Waals surface area contributed by atoms with E-state index < -0.39 is 6.10 Å². The molecule has 1 atom stereocenters. The predicted octanol–water partition coefficient (Wildman–Crippen LogP) is 0.407. The Bertz CT molecular complexity index is 460. The minimum absolute atomic E-state index is 0.432. The maximum atomic E-state index is 9.69. The number of hydrogen-bond donors (Lipinski definition) is 2. The van der Waals surface area contributed by atoms with Gasteiger partial charge in [0.1, 0.15) is 5.52 Å². The number of aliphatic hydroxyl groups excluding tert-OH is 1. The van der Waals surface area contributed by atoms with Crippen molar-refractivity contribution >= 4 is 11.2 Å². The topological polar surface area (TPSA) is 84.9 Å². The Kier molecular flexibility index (Phi) is 2.84. The first kappa shape index (κ1) is 9.95. The summed E-state index contributed by atoms with van der Waals surface area (Å²) >= 11 is 0. The number of pyridine rings is 1. The zero-order valence-corrected chi connectivity index (χ0v) is 8.17. The van der Waals surface area contributed by atoms with E-state index >= 15 is 0 Å². The molecule has 0 aliphatic rings. The van der Waals surface area contributed by atoms with Crippen molar-refractivity contribution in [3.8, 4) is 0 Å². The van der Waals surface area contributed by atoms with Gasteiger partial charge < -0.3 is 10.8 Å². The second-order valence-electron chi connectivity index (χ2n) is 3.23. The molecule has 5 heteroatoms. The van der Waals surface area contributed by atoms with Crippen molar-refractivity contribution < 1.29 is 5.11 Å². The molecule has 0 radical (unpaired) electrons. The van der Waals surface area contributed by atoms with E-state index in [1.165, 1.54) is 0 Å². The number of rotatable bonds is 3. The molecule has 0 saturated heterocycles. The lowest BCUT2D eigenvalue weighted by Gasteiger charge is -2.08. The van der Waals surface area contributed by atoms with E-state index in [1.54, 1.807) is 24.5 Å². The maximum Gasteiger partial charge on any atom is 0.178 e. The molecule has 15 heavy (non-hydrogen) atoms. The largest absolute Gasteiger partial charge is 0.387 e. The molecule has 3 N–H and O–H groups in total. The van der Waals surface area contributed by atoms with Gasteiger partial charge in [0.25, 0.3) is 0 Å². The number of aromatic nitrogens is 3. The molecular formula is C10H12N4O. The fraction of sp³-hybridized carbons (Fsp3) is 0.300. The Balaban J connectivity index is 2.38. The molecule has 78 valence electrons. The van der Waals surface area contributed by atoms with Gasteiger partial charge in [-0.05, 0) is 25.1 Å². The molecule has 0 aliphatic heterocycles. The molecular weight excluding hydrogens is 192 g/mol.